The van der Waals surface area contributed by atoms with Crippen LogP contribution in [0.4, 0.5) is 0 Å². The van der Waals surface area contributed by atoms with Gasteiger partial charge in [-0.25, -0.2) is 4.68 Å². The molecule has 1 N–H and O–H groups in total. The monoisotopic (exact) mass is 198 g/mol. The average molecular weight is 198 g/mol. The van der Waals surface area contributed by atoms with Gasteiger partial charge in [0.05, 0.1) is 13.3 Å². The minimum atomic E-state index is -0.809. The molecular formula is C9H14N2O3. The lowest BCUT2D eigenvalue weighted by Crippen LogP contribution is -2.02. The minimum Gasteiger partial charge on any atom is -0.481 e. The van der Waals surface area contributed by atoms with E-state index in [1.165, 1.54) is 0 Å². The van der Waals surface area contributed by atoms with E-state index in [1.54, 1.807) is 18.0 Å². The fourth-order valence-electron chi connectivity index (χ4n) is 1.29. The topological polar surface area (TPSA) is 64.4 Å². The van der Waals surface area contributed by atoms with E-state index < -0.39 is 5.97 Å². The Morgan fingerprint density at radius 1 is 1.71 bits per heavy atom. The number of aromatic nitrogens is 2. The molecule has 0 atom stereocenters. The van der Waals surface area contributed by atoms with Crippen molar-refractivity contribution in [3.63, 3.8) is 0 Å². The van der Waals surface area contributed by atoms with Gasteiger partial charge in [-0.2, -0.15) is 5.10 Å². The Bertz CT molecular complexity index is 320. The zero-order valence-electron chi connectivity index (χ0n) is 8.36. The molecule has 1 aromatic rings. The summed E-state index contributed by atoms with van der Waals surface area (Å²) in [6.45, 7) is 2.67. The van der Waals surface area contributed by atoms with Crippen LogP contribution in [0.25, 0.3) is 0 Å². The minimum absolute atomic E-state index is 0.103. The highest BCUT2D eigenvalue weighted by molar-refractivity contribution is 5.67. The molecule has 78 valence electrons. The number of carboxylic acid groups (broad SMARTS) is 1. The predicted octanol–water partition coefficient (Wildman–Crippen LogP) is 0.929. The van der Waals surface area contributed by atoms with Crippen molar-refractivity contribution in [2.45, 2.75) is 26.3 Å². The summed E-state index contributed by atoms with van der Waals surface area (Å²) >= 11 is 0. The average Bonchev–Trinajstić information content (AvgIpc) is 2.56. The normalized spacial score (nSPS) is 10.1. The van der Waals surface area contributed by atoms with Crippen LogP contribution in [-0.2, 0) is 17.8 Å². The Morgan fingerprint density at radius 2 is 2.43 bits per heavy atom. The highest BCUT2D eigenvalue weighted by Crippen LogP contribution is 2.18. The van der Waals surface area contributed by atoms with Crippen molar-refractivity contribution in [3.8, 4) is 5.88 Å². The second kappa shape index (κ2) is 4.64. The number of hydrogen-bond donors (Lipinski definition) is 1. The highest BCUT2D eigenvalue weighted by Gasteiger charge is 2.10. The molecule has 0 aromatic carbocycles. The third kappa shape index (κ3) is 2.25. The summed E-state index contributed by atoms with van der Waals surface area (Å²) in [6, 6.07) is 0. The van der Waals surface area contributed by atoms with Crippen molar-refractivity contribution in [3.05, 3.63) is 11.8 Å². The molecule has 5 nitrogen and oxygen atoms in total. The number of hydrogen-bond acceptors (Lipinski definition) is 3. The zero-order valence-corrected chi connectivity index (χ0v) is 8.36. The fourth-order valence-corrected chi connectivity index (χ4v) is 1.29. The molecule has 0 saturated heterocycles. The lowest BCUT2D eigenvalue weighted by molar-refractivity contribution is -0.136. The van der Waals surface area contributed by atoms with Crippen LogP contribution in [0, 0.1) is 0 Å². The van der Waals surface area contributed by atoms with E-state index >= 15 is 0 Å². The van der Waals surface area contributed by atoms with E-state index in [9.17, 15) is 4.79 Å². The zero-order chi connectivity index (χ0) is 10.6. The number of rotatable bonds is 5. The molecule has 0 radical (unpaired) electrons. The van der Waals surface area contributed by atoms with Gasteiger partial charge in [-0.1, -0.05) is 0 Å². The molecule has 0 unspecified atom stereocenters. The third-order valence-electron chi connectivity index (χ3n) is 1.96. The molecule has 0 spiro atoms. The van der Waals surface area contributed by atoms with Gasteiger partial charge in [0.25, 0.3) is 0 Å². The second-order valence-electron chi connectivity index (χ2n) is 2.89. The fraction of sp³-hybridized carbons (Fsp3) is 0.556. The molecule has 14 heavy (non-hydrogen) atoms. The standard InChI is InChI=1S/C9H14N2O3/c1-3-11-9(14-2)7(6-10-11)4-5-8(12)13/h6H,3-5H2,1-2H3,(H,12,13). The molecule has 0 aliphatic rings. The summed E-state index contributed by atoms with van der Waals surface area (Å²) in [7, 11) is 1.56. The molecule has 1 rings (SSSR count). The largest absolute Gasteiger partial charge is 0.481 e. The Kier molecular flexibility index (Phi) is 3.50. The van der Waals surface area contributed by atoms with E-state index in [1.807, 2.05) is 6.92 Å². The van der Waals surface area contributed by atoms with Crippen molar-refractivity contribution in [2.24, 2.45) is 0 Å². The summed E-state index contributed by atoms with van der Waals surface area (Å²) in [6.07, 6.45) is 2.22. The van der Waals surface area contributed by atoms with Gasteiger partial charge in [-0.15, -0.1) is 0 Å². The maximum Gasteiger partial charge on any atom is 0.303 e. The van der Waals surface area contributed by atoms with Gasteiger partial charge in [-0.05, 0) is 13.3 Å². The first kappa shape index (κ1) is 10.6. The number of carbonyl (C=O) groups is 1. The van der Waals surface area contributed by atoms with Gasteiger partial charge in [0.15, 0.2) is 0 Å². The Hall–Kier alpha value is -1.52. The maximum atomic E-state index is 10.4. The first-order chi connectivity index (χ1) is 6.69. The van der Waals surface area contributed by atoms with Crippen LogP contribution in [0.3, 0.4) is 0 Å². The molecular weight excluding hydrogens is 184 g/mol. The van der Waals surface area contributed by atoms with Gasteiger partial charge >= 0.3 is 5.97 Å². The second-order valence-corrected chi connectivity index (χ2v) is 2.89. The van der Waals surface area contributed by atoms with Crippen molar-refractivity contribution >= 4 is 5.97 Å². The van der Waals surface area contributed by atoms with Crippen LogP contribution in [0.15, 0.2) is 6.20 Å². The van der Waals surface area contributed by atoms with Crippen molar-refractivity contribution in [1.82, 2.24) is 9.78 Å². The number of ether oxygens (including phenoxy) is 1. The first-order valence-electron chi connectivity index (χ1n) is 4.49. The summed E-state index contributed by atoms with van der Waals surface area (Å²) < 4.78 is 6.85. The van der Waals surface area contributed by atoms with Crippen LogP contribution in [0.2, 0.25) is 0 Å². The van der Waals surface area contributed by atoms with Crippen LogP contribution < -0.4 is 4.74 Å². The van der Waals surface area contributed by atoms with Crippen molar-refractivity contribution in [2.75, 3.05) is 7.11 Å². The molecule has 5 heteroatoms. The first-order valence-corrected chi connectivity index (χ1v) is 4.49. The Labute approximate surface area is 82.3 Å². The number of methoxy groups -OCH3 is 1. The van der Waals surface area contributed by atoms with Gasteiger partial charge < -0.3 is 9.84 Å². The van der Waals surface area contributed by atoms with E-state index in [0.29, 0.717) is 12.3 Å². The predicted molar refractivity (Wildman–Crippen MR) is 50.4 cm³/mol. The summed E-state index contributed by atoms with van der Waals surface area (Å²) in [5.74, 6) is -0.148. The SMILES string of the molecule is CCn1ncc(CCC(=O)O)c1OC. The lowest BCUT2D eigenvalue weighted by Gasteiger charge is -2.04. The summed E-state index contributed by atoms with van der Waals surface area (Å²) in [5, 5.41) is 12.6. The van der Waals surface area contributed by atoms with Gasteiger partial charge in [0, 0.05) is 18.5 Å². The van der Waals surface area contributed by atoms with Gasteiger partial charge in [0.2, 0.25) is 5.88 Å². The van der Waals surface area contributed by atoms with Gasteiger partial charge in [-0.3, -0.25) is 4.79 Å². The molecule has 0 saturated carbocycles. The third-order valence-corrected chi connectivity index (χ3v) is 1.96. The van der Waals surface area contributed by atoms with Crippen LogP contribution in [0.1, 0.15) is 18.9 Å². The number of aliphatic carboxylic acids is 1. The number of aryl methyl sites for hydroxylation is 2. The number of nitrogens with zero attached hydrogens (tertiary/aromatic N) is 2. The smallest absolute Gasteiger partial charge is 0.303 e. The van der Waals surface area contributed by atoms with E-state index in [4.69, 9.17) is 9.84 Å². The van der Waals surface area contributed by atoms with Crippen LogP contribution in [0.5, 0.6) is 5.88 Å². The van der Waals surface area contributed by atoms with Crippen LogP contribution >= 0.6 is 0 Å². The molecule has 0 fully saturated rings. The summed E-state index contributed by atoms with van der Waals surface area (Å²) in [4.78, 5) is 10.4. The van der Waals surface area contributed by atoms with E-state index in [-0.39, 0.29) is 6.42 Å². The summed E-state index contributed by atoms with van der Waals surface area (Å²) in [5.41, 5.74) is 0.844. The van der Waals surface area contributed by atoms with Crippen molar-refractivity contribution < 1.29 is 14.6 Å². The molecule has 0 aliphatic heterocycles. The van der Waals surface area contributed by atoms with Gasteiger partial charge in [0.1, 0.15) is 0 Å². The Morgan fingerprint density at radius 3 is 2.93 bits per heavy atom. The highest BCUT2D eigenvalue weighted by atomic mass is 16.5. The number of carboxylic acids is 1. The molecule has 0 amide bonds. The maximum absolute atomic E-state index is 10.4. The van der Waals surface area contributed by atoms with Crippen molar-refractivity contribution in [1.29, 1.82) is 0 Å². The quantitative estimate of drug-likeness (QED) is 0.764. The molecule has 0 aliphatic carbocycles. The molecule has 1 aromatic heterocycles. The molecule has 1 heterocycles. The Balaban J connectivity index is 2.75. The lowest BCUT2D eigenvalue weighted by atomic mass is 10.2. The molecule has 0 bridgehead atoms. The van der Waals surface area contributed by atoms with E-state index in [2.05, 4.69) is 5.10 Å². The van der Waals surface area contributed by atoms with Crippen LogP contribution in [-0.4, -0.2) is 28.0 Å². The van der Waals surface area contributed by atoms with E-state index in [0.717, 1.165) is 12.1 Å².